The number of unbranched alkanes of at least 4 members (excludes halogenated alkanes) is 1. The van der Waals surface area contributed by atoms with Crippen molar-refractivity contribution < 1.29 is 19.6 Å². The SMILES string of the molecule is CO/N=C(\C)N(CCCCC(N)C(=O)O)OCc1ccccc1. The largest absolute Gasteiger partial charge is 0.480 e. The topological polar surface area (TPSA) is 97.4 Å². The Morgan fingerprint density at radius 1 is 1.35 bits per heavy atom. The van der Waals surface area contributed by atoms with Crippen LogP contribution in [0.25, 0.3) is 0 Å². The molecule has 0 saturated heterocycles. The Morgan fingerprint density at radius 3 is 2.65 bits per heavy atom. The van der Waals surface area contributed by atoms with Crippen LogP contribution in [0.5, 0.6) is 0 Å². The van der Waals surface area contributed by atoms with E-state index >= 15 is 0 Å². The monoisotopic (exact) mass is 323 g/mol. The van der Waals surface area contributed by atoms with Crippen LogP contribution in [0.2, 0.25) is 0 Å². The molecule has 0 aliphatic carbocycles. The highest BCUT2D eigenvalue weighted by Gasteiger charge is 2.12. The first-order chi connectivity index (χ1) is 11.0. The second-order valence-corrected chi connectivity index (χ2v) is 5.12. The number of aliphatic carboxylic acids is 1. The zero-order valence-corrected chi connectivity index (χ0v) is 13.6. The van der Waals surface area contributed by atoms with Crippen molar-refractivity contribution in [2.45, 2.75) is 38.8 Å². The van der Waals surface area contributed by atoms with Gasteiger partial charge in [-0.05, 0) is 31.7 Å². The van der Waals surface area contributed by atoms with Gasteiger partial charge in [-0.1, -0.05) is 35.5 Å². The molecule has 0 heterocycles. The number of hydroxylamine groups is 2. The number of hydrogen-bond donors (Lipinski definition) is 2. The van der Waals surface area contributed by atoms with Crippen LogP contribution in [0, 0.1) is 0 Å². The first-order valence-electron chi connectivity index (χ1n) is 7.55. The van der Waals surface area contributed by atoms with E-state index in [1.165, 1.54) is 7.11 Å². The van der Waals surface area contributed by atoms with E-state index in [2.05, 4.69) is 5.16 Å². The number of oxime groups is 1. The average molecular weight is 323 g/mol. The maximum Gasteiger partial charge on any atom is 0.320 e. The average Bonchev–Trinajstić information content (AvgIpc) is 2.54. The van der Waals surface area contributed by atoms with E-state index in [-0.39, 0.29) is 0 Å². The van der Waals surface area contributed by atoms with Gasteiger partial charge in [-0.2, -0.15) is 0 Å². The summed E-state index contributed by atoms with van der Waals surface area (Å²) in [6.07, 6.45) is 1.87. The van der Waals surface area contributed by atoms with Crippen LogP contribution < -0.4 is 5.73 Å². The van der Waals surface area contributed by atoms with E-state index in [4.69, 9.17) is 20.5 Å². The fourth-order valence-corrected chi connectivity index (χ4v) is 1.97. The third kappa shape index (κ3) is 7.62. The Bertz CT molecular complexity index is 493. The van der Waals surface area contributed by atoms with E-state index < -0.39 is 12.0 Å². The van der Waals surface area contributed by atoms with E-state index in [0.29, 0.717) is 31.8 Å². The van der Waals surface area contributed by atoms with Crippen molar-refractivity contribution in [1.82, 2.24) is 5.06 Å². The summed E-state index contributed by atoms with van der Waals surface area (Å²) in [5.74, 6) is -0.370. The van der Waals surface area contributed by atoms with Gasteiger partial charge < -0.3 is 15.7 Å². The molecule has 1 aromatic rings. The summed E-state index contributed by atoms with van der Waals surface area (Å²) in [5.41, 5.74) is 6.54. The van der Waals surface area contributed by atoms with Gasteiger partial charge in [0.1, 0.15) is 13.2 Å². The van der Waals surface area contributed by atoms with Crippen LogP contribution in [-0.4, -0.2) is 41.7 Å². The normalized spacial score (nSPS) is 12.7. The zero-order chi connectivity index (χ0) is 17.1. The third-order valence-corrected chi connectivity index (χ3v) is 3.26. The van der Waals surface area contributed by atoms with Crippen molar-refractivity contribution in [3.8, 4) is 0 Å². The maximum absolute atomic E-state index is 10.7. The van der Waals surface area contributed by atoms with Gasteiger partial charge in [0.2, 0.25) is 0 Å². The Morgan fingerprint density at radius 2 is 2.04 bits per heavy atom. The molecule has 0 fully saturated rings. The molecule has 128 valence electrons. The molecule has 0 aliphatic rings. The van der Waals surface area contributed by atoms with Gasteiger partial charge >= 0.3 is 5.97 Å². The summed E-state index contributed by atoms with van der Waals surface area (Å²) in [6.45, 7) is 2.79. The first kappa shape index (κ1) is 18.9. The summed E-state index contributed by atoms with van der Waals surface area (Å²) >= 11 is 0. The standard InChI is InChI=1S/C16H25N3O4/c1-13(18-22-2)19(11-7-6-10-15(17)16(20)21)23-12-14-8-4-3-5-9-14/h3-5,8-9,15H,6-7,10-12,17H2,1-2H3,(H,20,21)/b18-13+. The first-order valence-corrected chi connectivity index (χ1v) is 7.55. The highest BCUT2D eigenvalue weighted by molar-refractivity contribution is 5.78. The molecule has 7 nitrogen and oxygen atoms in total. The molecule has 3 N–H and O–H groups in total. The van der Waals surface area contributed by atoms with E-state index in [0.717, 1.165) is 12.0 Å². The molecule has 0 radical (unpaired) electrons. The molecule has 1 rings (SSSR count). The van der Waals surface area contributed by atoms with Crippen LogP contribution in [0.15, 0.2) is 35.5 Å². The number of hydrogen-bond acceptors (Lipinski definition) is 5. The predicted molar refractivity (Wildman–Crippen MR) is 87.5 cm³/mol. The van der Waals surface area contributed by atoms with Gasteiger partial charge in [0.25, 0.3) is 0 Å². The van der Waals surface area contributed by atoms with E-state index in [1.54, 1.807) is 12.0 Å². The van der Waals surface area contributed by atoms with E-state index in [1.807, 2.05) is 30.3 Å². The maximum atomic E-state index is 10.7. The van der Waals surface area contributed by atoms with Gasteiger partial charge in [-0.25, -0.2) is 5.06 Å². The molecule has 0 saturated carbocycles. The Labute approximate surface area is 136 Å². The lowest BCUT2D eigenvalue weighted by Crippen LogP contribution is -2.32. The van der Waals surface area contributed by atoms with Crippen molar-refractivity contribution in [3.63, 3.8) is 0 Å². The number of nitrogens with zero attached hydrogens (tertiary/aromatic N) is 2. The number of rotatable bonds is 10. The molecule has 7 heteroatoms. The second kappa shape index (κ2) is 10.6. The third-order valence-electron chi connectivity index (χ3n) is 3.26. The van der Waals surface area contributed by atoms with E-state index in [9.17, 15) is 4.79 Å². The van der Waals surface area contributed by atoms with Crippen LogP contribution in [0.1, 0.15) is 31.7 Å². The van der Waals surface area contributed by atoms with Crippen LogP contribution in [-0.2, 0) is 21.1 Å². The zero-order valence-electron chi connectivity index (χ0n) is 13.6. The van der Waals surface area contributed by atoms with Gasteiger partial charge in [0.15, 0.2) is 5.84 Å². The van der Waals surface area contributed by atoms with Crippen molar-refractivity contribution >= 4 is 11.8 Å². The van der Waals surface area contributed by atoms with Gasteiger partial charge in [-0.15, -0.1) is 0 Å². The fraction of sp³-hybridized carbons (Fsp3) is 0.500. The summed E-state index contributed by atoms with van der Waals surface area (Å²) in [5, 5.41) is 14.3. The molecule has 0 bridgehead atoms. The molecular weight excluding hydrogens is 298 g/mol. The highest BCUT2D eigenvalue weighted by atomic mass is 16.7. The van der Waals surface area contributed by atoms with Gasteiger partial charge in [0.05, 0.1) is 6.61 Å². The predicted octanol–water partition coefficient (Wildman–Crippen LogP) is 1.98. The van der Waals surface area contributed by atoms with Crippen molar-refractivity contribution in [2.24, 2.45) is 10.9 Å². The van der Waals surface area contributed by atoms with Crippen LogP contribution >= 0.6 is 0 Å². The molecule has 0 aliphatic heterocycles. The lowest BCUT2D eigenvalue weighted by Gasteiger charge is -2.23. The quantitative estimate of drug-likeness (QED) is 0.296. The number of carboxylic acids is 1. The van der Waals surface area contributed by atoms with Crippen molar-refractivity contribution in [2.75, 3.05) is 13.7 Å². The van der Waals surface area contributed by atoms with Crippen LogP contribution in [0.4, 0.5) is 0 Å². The number of carboxylic acid groups (broad SMARTS) is 1. The molecule has 0 spiro atoms. The number of amidine groups is 1. The minimum absolute atomic E-state index is 0.423. The number of carbonyl (C=O) groups is 1. The highest BCUT2D eigenvalue weighted by Crippen LogP contribution is 2.07. The molecular formula is C16H25N3O4. The van der Waals surface area contributed by atoms with Crippen LogP contribution in [0.3, 0.4) is 0 Å². The number of benzene rings is 1. The fourth-order valence-electron chi connectivity index (χ4n) is 1.97. The lowest BCUT2D eigenvalue weighted by atomic mass is 10.1. The summed E-state index contributed by atoms with van der Waals surface area (Å²) in [7, 11) is 1.48. The molecule has 1 aromatic carbocycles. The molecule has 1 unspecified atom stereocenters. The smallest absolute Gasteiger partial charge is 0.320 e. The minimum atomic E-state index is -0.973. The minimum Gasteiger partial charge on any atom is -0.480 e. The van der Waals surface area contributed by atoms with Crippen molar-refractivity contribution in [3.05, 3.63) is 35.9 Å². The Kier molecular flexibility index (Phi) is 8.71. The Hall–Kier alpha value is -2.12. The van der Waals surface area contributed by atoms with Gasteiger partial charge in [0, 0.05) is 6.54 Å². The van der Waals surface area contributed by atoms with Crippen molar-refractivity contribution in [1.29, 1.82) is 0 Å². The molecule has 0 amide bonds. The molecule has 1 atom stereocenters. The Balaban J connectivity index is 2.46. The molecule has 23 heavy (non-hydrogen) atoms. The molecule has 0 aromatic heterocycles. The lowest BCUT2D eigenvalue weighted by molar-refractivity contribution is -0.138. The van der Waals surface area contributed by atoms with Gasteiger partial charge in [-0.3, -0.25) is 9.63 Å². The number of nitrogens with two attached hydrogens (primary N) is 1. The summed E-state index contributed by atoms with van der Waals surface area (Å²) < 4.78 is 0. The second-order valence-electron chi connectivity index (χ2n) is 5.12. The summed E-state index contributed by atoms with van der Waals surface area (Å²) in [4.78, 5) is 21.2. The summed E-state index contributed by atoms with van der Waals surface area (Å²) in [6, 6.07) is 8.99.